The molecule has 0 unspecified atom stereocenters. The van der Waals surface area contributed by atoms with Crippen molar-refractivity contribution < 1.29 is 14.3 Å². The second-order valence-corrected chi connectivity index (χ2v) is 8.29. The Balaban J connectivity index is 1.67. The van der Waals surface area contributed by atoms with Crippen molar-refractivity contribution in [1.29, 1.82) is 5.26 Å². The quantitative estimate of drug-likeness (QED) is 0.281. The monoisotopic (exact) mass is 480 g/mol. The maximum Gasteiger partial charge on any atom is 0.266 e. The minimum Gasteiger partial charge on any atom is -0.490 e. The van der Waals surface area contributed by atoms with E-state index in [4.69, 9.17) is 32.7 Å². The van der Waals surface area contributed by atoms with Crippen molar-refractivity contribution in [1.82, 2.24) is 0 Å². The Morgan fingerprint density at radius 1 is 1.03 bits per heavy atom. The van der Waals surface area contributed by atoms with Crippen LogP contribution in [0.5, 0.6) is 11.5 Å². The predicted octanol–water partition coefficient (Wildman–Crippen LogP) is 6.91. The number of nitrogens with one attached hydrogen (secondary N) is 1. The number of halogens is 2. The number of nitrogens with zero attached hydrogens (tertiary/aromatic N) is 1. The third-order valence-corrected chi connectivity index (χ3v) is 4.92. The fourth-order valence-electron chi connectivity index (χ4n) is 2.88. The van der Waals surface area contributed by atoms with E-state index in [0.717, 1.165) is 5.56 Å². The van der Waals surface area contributed by atoms with Crippen LogP contribution < -0.4 is 14.8 Å². The molecule has 5 nitrogen and oxygen atoms in total. The van der Waals surface area contributed by atoms with Crippen molar-refractivity contribution in [3.8, 4) is 17.6 Å². The molecule has 168 valence electrons. The van der Waals surface area contributed by atoms with E-state index in [2.05, 4.69) is 5.32 Å². The molecule has 3 rings (SSSR count). The van der Waals surface area contributed by atoms with E-state index in [1.54, 1.807) is 54.6 Å². The Morgan fingerprint density at radius 3 is 2.33 bits per heavy atom. The van der Waals surface area contributed by atoms with Crippen molar-refractivity contribution in [2.45, 2.75) is 26.6 Å². The van der Waals surface area contributed by atoms with Crippen LogP contribution in [0, 0.1) is 11.3 Å². The molecule has 0 fully saturated rings. The van der Waals surface area contributed by atoms with Crippen molar-refractivity contribution in [3.05, 3.63) is 93.5 Å². The zero-order valence-corrected chi connectivity index (χ0v) is 19.7. The second-order valence-electron chi connectivity index (χ2n) is 7.41. The number of hydrogen-bond donors (Lipinski definition) is 1. The molecule has 0 heterocycles. The number of carbonyl (C=O) groups excluding carboxylic acids is 1. The molecule has 0 radical (unpaired) electrons. The molecule has 0 aliphatic carbocycles. The lowest BCUT2D eigenvalue weighted by Gasteiger charge is -2.13. The van der Waals surface area contributed by atoms with Crippen molar-refractivity contribution in [3.63, 3.8) is 0 Å². The second kappa shape index (κ2) is 11.4. The van der Waals surface area contributed by atoms with Gasteiger partial charge >= 0.3 is 0 Å². The van der Waals surface area contributed by atoms with Crippen LogP contribution in [0.1, 0.15) is 25.0 Å². The van der Waals surface area contributed by atoms with Gasteiger partial charge in [0.2, 0.25) is 0 Å². The fourth-order valence-corrected chi connectivity index (χ4v) is 3.18. The van der Waals surface area contributed by atoms with Gasteiger partial charge in [-0.3, -0.25) is 4.79 Å². The summed E-state index contributed by atoms with van der Waals surface area (Å²) >= 11 is 12.0. The number of nitriles is 1. The summed E-state index contributed by atoms with van der Waals surface area (Å²) in [7, 11) is 0. The molecule has 0 aromatic heterocycles. The molecule has 3 aromatic rings. The molecule has 0 aliphatic heterocycles. The zero-order chi connectivity index (χ0) is 23.8. The number of amides is 1. The summed E-state index contributed by atoms with van der Waals surface area (Å²) in [6.07, 6.45) is 1.39. The zero-order valence-electron chi connectivity index (χ0n) is 18.1. The third-order valence-electron chi connectivity index (χ3n) is 4.43. The van der Waals surface area contributed by atoms with Gasteiger partial charge in [0.1, 0.15) is 29.7 Å². The van der Waals surface area contributed by atoms with Crippen molar-refractivity contribution >= 4 is 40.9 Å². The Kier molecular flexibility index (Phi) is 8.37. The molecular formula is C26H22Cl2N2O3. The number of carbonyl (C=O) groups is 1. The molecule has 3 aromatic carbocycles. The van der Waals surface area contributed by atoms with Crippen LogP contribution in [0.25, 0.3) is 6.08 Å². The molecular weight excluding hydrogens is 459 g/mol. The van der Waals surface area contributed by atoms with E-state index in [1.165, 1.54) is 6.08 Å². The van der Waals surface area contributed by atoms with Gasteiger partial charge in [-0.2, -0.15) is 5.26 Å². The van der Waals surface area contributed by atoms with Gasteiger partial charge in [0.25, 0.3) is 5.91 Å². The number of rotatable bonds is 8. The minimum atomic E-state index is -0.539. The standard InChI is InChI=1S/C26H22Cl2N2O3/c1-17(2)33-25-12-7-22(28)14-19(25)13-20(15-29)26(31)30-23-8-10-24(11-9-23)32-16-18-3-5-21(27)6-4-18/h3-14,17H,16H2,1-2H3,(H,30,31)/b20-13+. The lowest BCUT2D eigenvalue weighted by Crippen LogP contribution is -2.13. The Hall–Kier alpha value is -3.46. The summed E-state index contributed by atoms with van der Waals surface area (Å²) in [6, 6.07) is 21.3. The average Bonchev–Trinajstić information content (AvgIpc) is 2.79. The van der Waals surface area contributed by atoms with Gasteiger partial charge in [0.15, 0.2) is 0 Å². The average molecular weight is 481 g/mol. The molecule has 1 N–H and O–H groups in total. The summed E-state index contributed by atoms with van der Waals surface area (Å²) in [5.74, 6) is 0.647. The van der Waals surface area contributed by atoms with Crippen molar-refractivity contribution in [2.75, 3.05) is 5.32 Å². The van der Waals surface area contributed by atoms with E-state index >= 15 is 0 Å². The van der Waals surface area contributed by atoms with Crippen molar-refractivity contribution in [2.24, 2.45) is 0 Å². The highest BCUT2D eigenvalue weighted by Crippen LogP contribution is 2.27. The van der Waals surface area contributed by atoms with Crippen LogP contribution >= 0.6 is 23.2 Å². The van der Waals surface area contributed by atoms with Gasteiger partial charge in [-0.1, -0.05) is 35.3 Å². The lowest BCUT2D eigenvalue weighted by atomic mass is 10.1. The first-order chi connectivity index (χ1) is 15.8. The smallest absolute Gasteiger partial charge is 0.266 e. The molecule has 0 spiro atoms. The SMILES string of the molecule is CC(C)Oc1ccc(Cl)cc1/C=C(\C#N)C(=O)Nc1ccc(OCc2ccc(Cl)cc2)cc1. The maximum atomic E-state index is 12.7. The molecule has 0 aliphatic rings. The number of anilines is 1. The van der Waals surface area contributed by atoms with Crippen LogP contribution in [0.4, 0.5) is 5.69 Å². The van der Waals surface area contributed by atoms with Gasteiger partial charge in [-0.15, -0.1) is 0 Å². The normalized spacial score (nSPS) is 11.1. The number of ether oxygens (including phenoxy) is 2. The van der Waals surface area contributed by atoms with E-state index in [-0.39, 0.29) is 11.7 Å². The fraction of sp³-hybridized carbons (Fsp3) is 0.154. The Bertz CT molecular complexity index is 1180. The molecule has 0 bridgehead atoms. The Morgan fingerprint density at radius 2 is 1.70 bits per heavy atom. The highest BCUT2D eigenvalue weighted by atomic mass is 35.5. The van der Waals surface area contributed by atoms with E-state index in [9.17, 15) is 10.1 Å². The predicted molar refractivity (Wildman–Crippen MR) is 132 cm³/mol. The van der Waals surface area contributed by atoms with E-state index in [0.29, 0.717) is 39.4 Å². The summed E-state index contributed by atoms with van der Waals surface area (Å²) in [5, 5.41) is 13.4. The van der Waals surface area contributed by atoms with Gasteiger partial charge in [-0.05, 0) is 80.1 Å². The number of hydrogen-bond acceptors (Lipinski definition) is 4. The minimum absolute atomic E-state index is 0.0712. The Labute approximate surface area is 203 Å². The topological polar surface area (TPSA) is 71.3 Å². The molecule has 33 heavy (non-hydrogen) atoms. The molecule has 1 amide bonds. The van der Waals surface area contributed by atoms with Crippen LogP contribution in [0.15, 0.2) is 72.3 Å². The summed E-state index contributed by atoms with van der Waals surface area (Å²) in [6.45, 7) is 4.18. The van der Waals surface area contributed by atoms with Gasteiger partial charge in [0, 0.05) is 21.3 Å². The summed E-state index contributed by atoms with van der Waals surface area (Å²) in [5.41, 5.74) is 2.00. The highest BCUT2D eigenvalue weighted by molar-refractivity contribution is 6.31. The maximum absolute atomic E-state index is 12.7. The van der Waals surface area contributed by atoms with Gasteiger partial charge < -0.3 is 14.8 Å². The van der Waals surface area contributed by atoms with E-state index in [1.807, 2.05) is 32.0 Å². The van der Waals surface area contributed by atoms with Gasteiger partial charge in [-0.25, -0.2) is 0 Å². The highest BCUT2D eigenvalue weighted by Gasteiger charge is 2.13. The molecule has 0 saturated heterocycles. The first-order valence-electron chi connectivity index (χ1n) is 10.2. The summed E-state index contributed by atoms with van der Waals surface area (Å²) in [4.78, 5) is 12.7. The largest absolute Gasteiger partial charge is 0.490 e. The molecule has 0 atom stereocenters. The van der Waals surface area contributed by atoms with E-state index < -0.39 is 5.91 Å². The first-order valence-corrected chi connectivity index (χ1v) is 11.0. The van der Waals surface area contributed by atoms with Crippen LogP contribution in [0.2, 0.25) is 10.0 Å². The first kappa shape index (κ1) is 24.2. The lowest BCUT2D eigenvalue weighted by molar-refractivity contribution is -0.112. The third kappa shape index (κ3) is 7.28. The van der Waals surface area contributed by atoms with Crippen LogP contribution in [-0.2, 0) is 11.4 Å². The number of benzene rings is 3. The van der Waals surface area contributed by atoms with Gasteiger partial charge in [0.05, 0.1) is 6.10 Å². The van der Waals surface area contributed by atoms with Crippen LogP contribution in [-0.4, -0.2) is 12.0 Å². The van der Waals surface area contributed by atoms with Crippen LogP contribution in [0.3, 0.4) is 0 Å². The molecule has 7 heteroatoms. The summed E-state index contributed by atoms with van der Waals surface area (Å²) < 4.78 is 11.5. The molecule has 0 saturated carbocycles.